The molecule has 2 rings (SSSR count). The van der Waals surface area contributed by atoms with Gasteiger partial charge in [0.05, 0.1) is 18.9 Å². The van der Waals surface area contributed by atoms with Crippen LogP contribution in [-0.2, 0) is 40.0 Å². The Morgan fingerprint density at radius 2 is 1.40 bits per heavy atom. The minimum absolute atomic E-state index is 0.105. The SMILES string of the molecule is NC(=O)CCC(NC(=O)C(Cc1c[nH]c2ccccc12)NC(=O)C(N)CC(N)=O)C(=O)NC(CC(=O)O)C(=O)O. The molecule has 0 aliphatic rings. The van der Waals surface area contributed by atoms with Crippen molar-refractivity contribution in [1.29, 1.82) is 0 Å². The van der Waals surface area contributed by atoms with Crippen molar-refractivity contribution in [2.24, 2.45) is 17.2 Å². The Morgan fingerprint density at radius 1 is 0.800 bits per heavy atom. The van der Waals surface area contributed by atoms with Crippen LogP contribution in [0.3, 0.4) is 0 Å². The Bertz CT molecular complexity index is 1290. The summed E-state index contributed by atoms with van der Waals surface area (Å²) in [4.78, 5) is 86.9. The maximum atomic E-state index is 13.4. The first-order chi connectivity index (χ1) is 18.8. The summed E-state index contributed by atoms with van der Waals surface area (Å²) in [6.07, 6.45) is -0.697. The molecule has 0 fully saturated rings. The van der Waals surface area contributed by atoms with Crippen LogP contribution in [0.15, 0.2) is 30.5 Å². The second kappa shape index (κ2) is 14.2. The average Bonchev–Trinajstić information content (AvgIpc) is 3.27. The highest BCUT2D eigenvalue weighted by Crippen LogP contribution is 2.19. The molecule has 4 atom stereocenters. The van der Waals surface area contributed by atoms with Crippen molar-refractivity contribution in [2.45, 2.75) is 56.3 Å². The molecule has 5 amide bonds. The number of hydrogen-bond acceptors (Lipinski definition) is 8. The van der Waals surface area contributed by atoms with Crippen molar-refractivity contribution in [3.63, 3.8) is 0 Å². The third kappa shape index (κ3) is 9.39. The molecule has 0 spiro atoms. The predicted octanol–water partition coefficient (Wildman–Crippen LogP) is -2.81. The number of aromatic nitrogens is 1. The van der Waals surface area contributed by atoms with Crippen molar-refractivity contribution in [2.75, 3.05) is 0 Å². The number of carboxylic acid groups (broad SMARTS) is 2. The number of hydrogen-bond donors (Lipinski definition) is 9. The van der Waals surface area contributed by atoms with E-state index in [1.54, 1.807) is 30.5 Å². The number of nitrogens with one attached hydrogen (secondary N) is 4. The quantitative estimate of drug-likeness (QED) is 0.101. The maximum Gasteiger partial charge on any atom is 0.326 e. The third-order valence-electron chi connectivity index (χ3n) is 5.80. The lowest BCUT2D eigenvalue weighted by molar-refractivity contribution is -0.147. The van der Waals surface area contributed by atoms with E-state index >= 15 is 0 Å². The van der Waals surface area contributed by atoms with E-state index in [1.807, 2.05) is 5.32 Å². The van der Waals surface area contributed by atoms with Gasteiger partial charge in [-0.1, -0.05) is 18.2 Å². The van der Waals surface area contributed by atoms with Gasteiger partial charge in [-0.25, -0.2) is 4.79 Å². The minimum atomic E-state index is -1.83. The van der Waals surface area contributed by atoms with Crippen LogP contribution in [-0.4, -0.2) is 80.8 Å². The number of carboxylic acids is 2. The molecule has 0 radical (unpaired) electrons. The molecular formula is C24H31N7O9. The molecule has 216 valence electrons. The Balaban J connectivity index is 2.33. The molecule has 0 saturated heterocycles. The van der Waals surface area contributed by atoms with E-state index < -0.39 is 84.9 Å². The van der Waals surface area contributed by atoms with E-state index in [9.17, 15) is 38.7 Å². The molecule has 16 nitrogen and oxygen atoms in total. The smallest absolute Gasteiger partial charge is 0.326 e. The summed E-state index contributed by atoms with van der Waals surface area (Å²) in [6, 6.07) is 1.01. The number of rotatable bonds is 16. The van der Waals surface area contributed by atoms with E-state index in [-0.39, 0.29) is 12.8 Å². The van der Waals surface area contributed by atoms with Gasteiger partial charge in [-0.05, 0) is 18.1 Å². The zero-order valence-electron chi connectivity index (χ0n) is 21.2. The molecule has 2 aromatic rings. The lowest BCUT2D eigenvalue weighted by Crippen LogP contribution is -2.58. The second-order valence-corrected chi connectivity index (χ2v) is 8.97. The molecule has 1 aromatic carbocycles. The van der Waals surface area contributed by atoms with Gasteiger partial charge in [0.25, 0.3) is 0 Å². The molecule has 0 aliphatic heterocycles. The number of nitrogens with two attached hydrogens (primary N) is 3. The molecule has 0 aliphatic carbocycles. The van der Waals surface area contributed by atoms with Crippen LogP contribution in [0.25, 0.3) is 10.9 Å². The largest absolute Gasteiger partial charge is 0.481 e. The summed E-state index contributed by atoms with van der Waals surface area (Å²) in [5.41, 5.74) is 17.3. The van der Waals surface area contributed by atoms with Crippen LogP contribution in [0.2, 0.25) is 0 Å². The summed E-state index contributed by atoms with van der Waals surface area (Å²) in [5.74, 6) is -7.70. The first kappa shape index (κ1) is 31.2. The summed E-state index contributed by atoms with van der Waals surface area (Å²) in [7, 11) is 0. The zero-order valence-corrected chi connectivity index (χ0v) is 21.2. The van der Waals surface area contributed by atoms with Gasteiger partial charge < -0.3 is 48.3 Å². The lowest BCUT2D eigenvalue weighted by Gasteiger charge is -2.25. The number of carbonyl (C=O) groups is 7. The van der Waals surface area contributed by atoms with Gasteiger partial charge in [0.15, 0.2) is 0 Å². The Hall–Kier alpha value is -4.99. The Kier molecular flexibility index (Phi) is 11.1. The maximum absolute atomic E-state index is 13.4. The molecule has 40 heavy (non-hydrogen) atoms. The van der Waals surface area contributed by atoms with Gasteiger partial charge in [-0.3, -0.25) is 28.8 Å². The number of benzene rings is 1. The van der Waals surface area contributed by atoms with E-state index in [2.05, 4.69) is 15.6 Å². The van der Waals surface area contributed by atoms with Gasteiger partial charge in [0, 0.05) is 29.9 Å². The third-order valence-corrected chi connectivity index (χ3v) is 5.80. The number of aliphatic carboxylic acids is 2. The Morgan fingerprint density at radius 3 is 2.00 bits per heavy atom. The zero-order chi connectivity index (χ0) is 30.0. The van der Waals surface area contributed by atoms with Crippen LogP contribution < -0.4 is 33.2 Å². The second-order valence-electron chi connectivity index (χ2n) is 8.97. The van der Waals surface area contributed by atoms with Gasteiger partial charge in [0.2, 0.25) is 29.5 Å². The highest BCUT2D eigenvalue weighted by molar-refractivity contribution is 5.96. The number of amides is 5. The van der Waals surface area contributed by atoms with E-state index in [0.717, 1.165) is 10.9 Å². The van der Waals surface area contributed by atoms with Crippen LogP contribution in [0.4, 0.5) is 0 Å². The molecular weight excluding hydrogens is 530 g/mol. The normalized spacial score (nSPS) is 13.8. The van der Waals surface area contributed by atoms with E-state index in [0.29, 0.717) is 5.56 Å². The highest BCUT2D eigenvalue weighted by Gasteiger charge is 2.32. The van der Waals surface area contributed by atoms with Crippen molar-refractivity contribution in [3.8, 4) is 0 Å². The van der Waals surface area contributed by atoms with Crippen molar-refractivity contribution >= 4 is 52.4 Å². The number of H-pyrrole nitrogens is 1. The number of carbonyl (C=O) groups excluding carboxylic acids is 5. The van der Waals surface area contributed by atoms with Crippen LogP contribution in [0.1, 0.15) is 31.2 Å². The average molecular weight is 562 g/mol. The predicted molar refractivity (Wildman–Crippen MR) is 138 cm³/mol. The van der Waals surface area contributed by atoms with Gasteiger partial charge in [0.1, 0.15) is 18.1 Å². The fourth-order valence-corrected chi connectivity index (χ4v) is 3.79. The topological polar surface area (TPSA) is 290 Å². The molecule has 4 unspecified atom stereocenters. The van der Waals surface area contributed by atoms with Crippen LogP contribution in [0.5, 0.6) is 0 Å². The highest BCUT2D eigenvalue weighted by atomic mass is 16.4. The molecule has 12 N–H and O–H groups in total. The number of primary amides is 2. The summed E-state index contributed by atoms with van der Waals surface area (Å²) >= 11 is 0. The molecule has 16 heteroatoms. The van der Waals surface area contributed by atoms with Gasteiger partial charge >= 0.3 is 11.9 Å². The van der Waals surface area contributed by atoms with Crippen molar-refractivity contribution in [1.82, 2.24) is 20.9 Å². The molecule has 0 saturated carbocycles. The van der Waals surface area contributed by atoms with Gasteiger partial charge in [-0.15, -0.1) is 0 Å². The molecule has 1 heterocycles. The first-order valence-corrected chi connectivity index (χ1v) is 12.0. The summed E-state index contributed by atoms with van der Waals surface area (Å²) < 4.78 is 0. The number of fused-ring (bicyclic) bond motifs is 1. The first-order valence-electron chi connectivity index (χ1n) is 12.0. The Labute approximate surface area is 227 Å². The fourth-order valence-electron chi connectivity index (χ4n) is 3.79. The lowest BCUT2D eigenvalue weighted by atomic mass is 10.0. The van der Waals surface area contributed by atoms with E-state index in [1.165, 1.54) is 0 Å². The van der Waals surface area contributed by atoms with Crippen molar-refractivity contribution < 1.29 is 43.8 Å². The monoisotopic (exact) mass is 561 g/mol. The van der Waals surface area contributed by atoms with Crippen LogP contribution in [0, 0.1) is 0 Å². The molecule has 0 bridgehead atoms. The molecule has 1 aromatic heterocycles. The van der Waals surface area contributed by atoms with Crippen molar-refractivity contribution in [3.05, 3.63) is 36.0 Å². The van der Waals surface area contributed by atoms with Gasteiger partial charge in [-0.2, -0.15) is 0 Å². The summed E-state index contributed by atoms with van der Waals surface area (Å²) in [5, 5.41) is 25.7. The number of para-hydroxylation sites is 1. The van der Waals surface area contributed by atoms with Crippen LogP contribution >= 0.6 is 0 Å². The fraction of sp³-hybridized carbons (Fsp3) is 0.375. The minimum Gasteiger partial charge on any atom is -0.481 e. The number of aromatic amines is 1. The standard InChI is InChI=1S/C24H31N7O9/c25-13(8-19(27)33)21(36)30-16(7-11-10-28-14-4-2-1-3-12(11)14)23(38)29-15(5-6-18(26)32)22(37)31-17(24(39)40)9-20(34)35/h1-4,10,13,15-17,28H,5-9,25H2,(H2,26,32)(H2,27,33)(H,29,38)(H,30,36)(H,31,37)(H,34,35)(H,39,40). The van der Waals surface area contributed by atoms with E-state index in [4.69, 9.17) is 22.3 Å². The summed E-state index contributed by atoms with van der Waals surface area (Å²) in [6.45, 7) is 0.